The van der Waals surface area contributed by atoms with Crippen LogP contribution in [-0.2, 0) is 24.7 Å². The molecule has 5 N–H and O–H groups in total. The zero-order chi connectivity index (χ0) is 35.1. The van der Waals surface area contributed by atoms with Crippen molar-refractivity contribution in [2.45, 2.75) is 48.5 Å². The number of carboxylic acids is 1. The highest BCUT2D eigenvalue weighted by Gasteiger charge is 2.56. The van der Waals surface area contributed by atoms with Gasteiger partial charge < -0.3 is 30.9 Å². The molecule has 4 rings (SSSR count). The number of hydrogen-bond donors (Lipinski definition) is 5. The van der Waals surface area contributed by atoms with Crippen LogP contribution < -0.4 is 20.7 Å². The first kappa shape index (κ1) is 36.7. The molecule has 1 aliphatic rings. The highest BCUT2D eigenvalue weighted by atomic mass is 32.2. The first-order valence-electron chi connectivity index (χ1n) is 15.0. The summed E-state index contributed by atoms with van der Waals surface area (Å²) in [4.78, 5) is 49.0. The van der Waals surface area contributed by atoms with Crippen molar-refractivity contribution in [1.29, 1.82) is 0 Å². The fourth-order valence-electron chi connectivity index (χ4n) is 4.89. The number of amides is 3. The fraction of sp³-hybridized carbons (Fsp3) is 0.353. The molecule has 3 aromatic rings. The van der Waals surface area contributed by atoms with E-state index in [1.807, 2.05) is 20.8 Å². The van der Waals surface area contributed by atoms with Crippen LogP contribution in [0.25, 0.3) is 0 Å². The molecule has 14 heteroatoms. The molecule has 1 saturated heterocycles. The van der Waals surface area contributed by atoms with Gasteiger partial charge in [-0.15, -0.1) is 11.8 Å². The van der Waals surface area contributed by atoms with Gasteiger partial charge >= 0.3 is 5.97 Å². The molecule has 48 heavy (non-hydrogen) atoms. The largest absolute Gasteiger partial charge is 0.484 e. The fourth-order valence-corrected chi connectivity index (χ4v) is 7.14. The Kier molecular flexibility index (Phi) is 12.1. The second-order valence-electron chi connectivity index (χ2n) is 12.1. The van der Waals surface area contributed by atoms with E-state index in [1.165, 1.54) is 59.9 Å². The van der Waals surface area contributed by atoms with Gasteiger partial charge in [0.1, 0.15) is 34.2 Å². The van der Waals surface area contributed by atoms with E-state index in [9.17, 15) is 38.2 Å². The van der Waals surface area contributed by atoms with Crippen molar-refractivity contribution in [3.05, 3.63) is 101 Å². The molecular formula is C34H37F2N3O7S2. The van der Waals surface area contributed by atoms with E-state index in [0.29, 0.717) is 22.4 Å². The van der Waals surface area contributed by atoms with E-state index < -0.39 is 65.5 Å². The second kappa shape index (κ2) is 15.8. The third-order valence-electron chi connectivity index (χ3n) is 7.37. The molecule has 1 heterocycles. The Morgan fingerprint density at radius 1 is 0.917 bits per heavy atom. The molecule has 3 aromatic carbocycles. The van der Waals surface area contributed by atoms with Gasteiger partial charge in [0.2, 0.25) is 11.8 Å². The molecule has 256 valence electrons. The number of ether oxygens (including phenoxy) is 1. The highest BCUT2D eigenvalue weighted by molar-refractivity contribution is 8.01. The molecule has 0 spiro atoms. The Labute approximate surface area is 285 Å². The Bertz CT molecular complexity index is 1600. The summed E-state index contributed by atoms with van der Waals surface area (Å²) in [6.07, 6.45) is -0.964. The van der Waals surface area contributed by atoms with Gasteiger partial charge in [0.05, 0.1) is 12.6 Å². The summed E-state index contributed by atoms with van der Waals surface area (Å²) in [6.45, 7) is 4.95. The van der Waals surface area contributed by atoms with Crippen molar-refractivity contribution >= 4 is 47.2 Å². The third kappa shape index (κ3) is 9.48. The average Bonchev–Trinajstić information content (AvgIpc) is 3.04. The Balaban J connectivity index is 1.38. The van der Waals surface area contributed by atoms with Gasteiger partial charge in [0.15, 0.2) is 6.61 Å². The zero-order valence-electron chi connectivity index (χ0n) is 26.5. The molecule has 3 amide bonds. The van der Waals surface area contributed by atoms with E-state index in [1.54, 1.807) is 36.4 Å². The zero-order valence-corrected chi connectivity index (χ0v) is 28.1. The molecule has 0 bridgehead atoms. The Hall–Kier alpha value is -4.14. The van der Waals surface area contributed by atoms with Crippen LogP contribution in [0.1, 0.15) is 43.6 Å². The van der Waals surface area contributed by atoms with Gasteiger partial charge in [-0.1, -0.05) is 57.2 Å². The molecule has 1 fully saturated rings. The van der Waals surface area contributed by atoms with E-state index in [0.717, 1.165) is 0 Å². The minimum absolute atomic E-state index is 0.133. The number of carbonyl (C=O) groups excluding carboxylic acids is 3. The second-order valence-corrected chi connectivity index (χ2v) is 15.0. The number of β-lactam (4-membered cyclic amide) rings is 1. The van der Waals surface area contributed by atoms with Crippen LogP contribution in [0.3, 0.4) is 0 Å². The molecule has 0 aromatic heterocycles. The third-order valence-corrected chi connectivity index (χ3v) is 10.1. The summed E-state index contributed by atoms with van der Waals surface area (Å²) >= 11 is 2.61. The average molecular weight is 702 g/mol. The van der Waals surface area contributed by atoms with Crippen LogP contribution in [0.5, 0.6) is 5.75 Å². The summed E-state index contributed by atoms with van der Waals surface area (Å²) in [7, 11) is 0. The minimum Gasteiger partial charge on any atom is -0.484 e. The van der Waals surface area contributed by atoms with Crippen molar-refractivity contribution in [3.63, 3.8) is 0 Å². The Morgan fingerprint density at radius 2 is 1.48 bits per heavy atom. The van der Waals surface area contributed by atoms with E-state index in [4.69, 9.17) is 4.74 Å². The van der Waals surface area contributed by atoms with Crippen molar-refractivity contribution in [1.82, 2.24) is 16.0 Å². The quantitative estimate of drug-likeness (QED) is 0.149. The van der Waals surface area contributed by atoms with Crippen molar-refractivity contribution in [3.8, 4) is 5.75 Å². The van der Waals surface area contributed by atoms with Crippen LogP contribution in [0.15, 0.2) is 72.8 Å². The van der Waals surface area contributed by atoms with Crippen molar-refractivity contribution in [2.75, 3.05) is 24.7 Å². The van der Waals surface area contributed by atoms with Gasteiger partial charge in [0, 0.05) is 16.3 Å². The maximum Gasteiger partial charge on any atom is 0.327 e. The monoisotopic (exact) mass is 701 g/mol. The molecule has 4 atom stereocenters. The van der Waals surface area contributed by atoms with Gasteiger partial charge in [-0.25, -0.2) is 13.6 Å². The lowest BCUT2D eigenvalue weighted by molar-refractivity contribution is -0.141. The molecule has 1 aliphatic heterocycles. The molecule has 0 saturated carbocycles. The number of rotatable bonds is 15. The number of carboxylic acid groups (broad SMARTS) is 1. The SMILES string of the molecule is CC(C)(C)SC[C@@H](NC(=O)CNC(=O)COc1ccc([C@]2(c3ccc(F)cc3)NC(=O)[C@@H]2SCC(O)c2ccc(F)cc2)cc1)C(=O)O. The molecule has 10 nitrogen and oxygen atoms in total. The van der Waals surface area contributed by atoms with E-state index in [-0.39, 0.29) is 22.2 Å². The summed E-state index contributed by atoms with van der Waals surface area (Å²) in [5.74, 6) is -2.96. The summed E-state index contributed by atoms with van der Waals surface area (Å²) < 4.78 is 32.6. The summed E-state index contributed by atoms with van der Waals surface area (Å²) in [5, 5.41) is 27.2. The predicted octanol–water partition coefficient (Wildman–Crippen LogP) is 3.77. The standard InChI is InChI=1S/C34H37F2N3O7S2/c1-33(2,3)48-18-26(32(44)45)38-28(41)16-37-29(42)17-46-25-14-8-22(9-15-25)34(21-6-12-24(36)13-7-21)30(31(43)39-34)47-19-27(40)20-4-10-23(35)11-5-20/h4-15,26-27,30,40H,16-19H2,1-3H3,(H,37,42)(H,38,41)(H,39,43)(H,44,45)/t26-,27?,30+,34+/m1/s1. The number of aliphatic carboxylic acids is 1. The number of benzene rings is 3. The van der Waals surface area contributed by atoms with Gasteiger partial charge in [-0.2, -0.15) is 11.8 Å². The van der Waals surface area contributed by atoms with Crippen LogP contribution in [0.4, 0.5) is 8.78 Å². The lowest BCUT2D eigenvalue weighted by atomic mass is 9.74. The van der Waals surface area contributed by atoms with Gasteiger partial charge in [-0.05, 0) is 53.1 Å². The maximum atomic E-state index is 13.9. The Morgan fingerprint density at radius 3 is 2.02 bits per heavy atom. The minimum atomic E-state index is -1.17. The number of halogens is 2. The smallest absolute Gasteiger partial charge is 0.327 e. The topological polar surface area (TPSA) is 154 Å². The highest BCUT2D eigenvalue weighted by Crippen LogP contribution is 2.46. The number of hydrogen-bond acceptors (Lipinski definition) is 8. The van der Waals surface area contributed by atoms with Crippen molar-refractivity contribution < 1.29 is 42.9 Å². The number of nitrogens with one attached hydrogen (secondary N) is 3. The number of carbonyl (C=O) groups is 4. The predicted molar refractivity (Wildman–Crippen MR) is 180 cm³/mol. The molecule has 0 radical (unpaired) electrons. The summed E-state index contributed by atoms with van der Waals surface area (Å²) in [5.41, 5.74) is 0.696. The lowest BCUT2D eigenvalue weighted by Crippen LogP contribution is -2.69. The normalized spacial score (nSPS) is 18.5. The summed E-state index contributed by atoms with van der Waals surface area (Å²) in [6, 6.07) is 16.7. The van der Waals surface area contributed by atoms with Gasteiger partial charge in [-0.3, -0.25) is 14.4 Å². The van der Waals surface area contributed by atoms with Crippen LogP contribution >= 0.6 is 23.5 Å². The molecule has 0 aliphatic carbocycles. The number of aliphatic hydroxyl groups excluding tert-OH is 1. The maximum absolute atomic E-state index is 13.9. The number of aliphatic hydroxyl groups is 1. The van der Waals surface area contributed by atoms with Crippen LogP contribution in [0, 0.1) is 11.6 Å². The van der Waals surface area contributed by atoms with E-state index in [2.05, 4.69) is 16.0 Å². The van der Waals surface area contributed by atoms with E-state index >= 15 is 0 Å². The van der Waals surface area contributed by atoms with Crippen molar-refractivity contribution in [2.24, 2.45) is 0 Å². The lowest BCUT2D eigenvalue weighted by Gasteiger charge is -2.50. The molecular weight excluding hydrogens is 665 g/mol. The molecule has 1 unspecified atom stereocenters. The van der Waals surface area contributed by atoms with Crippen LogP contribution in [0.2, 0.25) is 0 Å². The van der Waals surface area contributed by atoms with Gasteiger partial charge in [0.25, 0.3) is 5.91 Å². The van der Waals surface area contributed by atoms with Crippen LogP contribution in [-0.4, -0.2) is 74.6 Å². The first-order chi connectivity index (χ1) is 22.7. The number of thioether (sulfide) groups is 2. The first-order valence-corrected chi connectivity index (χ1v) is 17.0.